The van der Waals surface area contributed by atoms with E-state index in [4.69, 9.17) is 4.74 Å². The largest absolute Gasteiger partial charge is 0.497 e. The molecule has 1 amide bonds. The van der Waals surface area contributed by atoms with E-state index in [1.807, 2.05) is 12.1 Å². The van der Waals surface area contributed by atoms with E-state index in [2.05, 4.69) is 29.3 Å². The molecule has 1 aliphatic heterocycles. The highest BCUT2D eigenvalue weighted by molar-refractivity contribution is 5.78. The predicted molar refractivity (Wildman–Crippen MR) is 96.1 cm³/mol. The summed E-state index contributed by atoms with van der Waals surface area (Å²) in [6, 6.07) is 9.01. The summed E-state index contributed by atoms with van der Waals surface area (Å²) in [6.45, 7) is 3.83. The Hall–Kier alpha value is -1.55. The highest BCUT2D eigenvalue weighted by atomic mass is 16.5. The molecule has 3 rings (SSSR count). The van der Waals surface area contributed by atoms with Crippen LogP contribution in [-0.4, -0.2) is 37.0 Å². The standard InChI is InChI=1S/C20H30N2O2/c1-15-5-9-17(10-6-15)21-20(23)14-22-13-3-4-19(22)16-7-11-18(24-2)12-8-16/h7-8,11-12,15,17,19H,3-6,9-10,13-14H2,1-2H3,(H,21,23). The zero-order chi connectivity index (χ0) is 16.9. The van der Waals surface area contributed by atoms with Crippen molar-refractivity contribution >= 4 is 5.91 Å². The van der Waals surface area contributed by atoms with Gasteiger partial charge in [0, 0.05) is 12.1 Å². The van der Waals surface area contributed by atoms with Gasteiger partial charge in [0.1, 0.15) is 5.75 Å². The van der Waals surface area contributed by atoms with Crippen LogP contribution in [0.15, 0.2) is 24.3 Å². The SMILES string of the molecule is COc1ccc(C2CCCN2CC(=O)NC2CCC(C)CC2)cc1. The number of hydrogen-bond acceptors (Lipinski definition) is 3. The fourth-order valence-electron chi connectivity index (χ4n) is 4.08. The van der Waals surface area contributed by atoms with Crippen LogP contribution in [-0.2, 0) is 4.79 Å². The van der Waals surface area contributed by atoms with Gasteiger partial charge in [0.25, 0.3) is 0 Å². The monoisotopic (exact) mass is 330 g/mol. The Kier molecular flexibility index (Phi) is 5.77. The number of benzene rings is 1. The van der Waals surface area contributed by atoms with Crippen LogP contribution < -0.4 is 10.1 Å². The maximum absolute atomic E-state index is 12.5. The van der Waals surface area contributed by atoms with Gasteiger partial charge >= 0.3 is 0 Å². The third-order valence-corrected chi connectivity index (χ3v) is 5.59. The Bertz CT molecular complexity index is 535. The maximum Gasteiger partial charge on any atom is 0.234 e. The van der Waals surface area contributed by atoms with Crippen LogP contribution in [0, 0.1) is 5.92 Å². The smallest absolute Gasteiger partial charge is 0.234 e. The van der Waals surface area contributed by atoms with Crippen LogP contribution in [0.3, 0.4) is 0 Å². The van der Waals surface area contributed by atoms with Crippen molar-refractivity contribution in [1.29, 1.82) is 0 Å². The fraction of sp³-hybridized carbons (Fsp3) is 0.650. The van der Waals surface area contributed by atoms with E-state index in [0.29, 0.717) is 18.6 Å². The van der Waals surface area contributed by atoms with Gasteiger partial charge in [-0.15, -0.1) is 0 Å². The van der Waals surface area contributed by atoms with Crippen LogP contribution in [0.25, 0.3) is 0 Å². The maximum atomic E-state index is 12.5. The summed E-state index contributed by atoms with van der Waals surface area (Å²) in [6.07, 6.45) is 7.03. The Morgan fingerprint density at radius 2 is 1.88 bits per heavy atom. The number of amides is 1. The molecule has 2 aliphatic rings. The lowest BCUT2D eigenvalue weighted by Crippen LogP contribution is -2.43. The second-order valence-electron chi connectivity index (χ2n) is 7.43. The van der Waals surface area contributed by atoms with Gasteiger partial charge in [-0.2, -0.15) is 0 Å². The number of likely N-dealkylation sites (tertiary alicyclic amines) is 1. The zero-order valence-electron chi connectivity index (χ0n) is 15.0. The third kappa shape index (κ3) is 4.29. The molecule has 132 valence electrons. The number of nitrogens with one attached hydrogen (secondary N) is 1. The molecule has 1 heterocycles. The number of carbonyl (C=O) groups excluding carboxylic acids is 1. The van der Waals surface area contributed by atoms with Crippen molar-refractivity contribution in [1.82, 2.24) is 10.2 Å². The van der Waals surface area contributed by atoms with Crippen LogP contribution >= 0.6 is 0 Å². The van der Waals surface area contributed by atoms with E-state index < -0.39 is 0 Å². The van der Waals surface area contributed by atoms with E-state index >= 15 is 0 Å². The van der Waals surface area contributed by atoms with Crippen molar-refractivity contribution in [2.45, 2.75) is 57.5 Å². The molecule has 0 spiro atoms. The minimum atomic E-state index is 0.190. The molecule has 0 bridgehead atoms. The van der Waals surface area contributed by atoms with Crippen molar-refractivity contribution in [2.75, 3.05) is 20.2 Å². The zero-order valence-corrected chi connectivity index (χ0v) is 15.0. The summed E-state index contributed by atoms with van der Waals surface area (Å²) < 4.78 is 5.24. The van der Waals surface area contributed by atoms with Crippen molar-refractivity contribution < 1.29 is 9.53 Å². The molecule has 1 aliphatic carbocycles. The van der Waals surface area contributed by atoms with E-state index in [0.717, 1.165) is 43.9 Å². The van der Waals surface area contributed by atoms with Crippen LogP contribution in [0.5, 0.6) is 5.75 Å². The Labute approximate surface area is 145 Å². The highest BCUT2D eigenvalue weighted by Crippen LogP contribution is 2.32. The molecule has 0 radical (unpaired) electrons. The second kappa shape index (κ2) is 8.02. The first-order valence-corrected chi connectivity index (χ1v) is 9.33. The first-order valence-electron chi connectivity index (χ1n) is 9.33. The molecule has 1 aromatic carbocycles. The lowest BCUT2D eigenvalue weighted by atomic mass is 9.87. The van der Waals surface area contributed by atoms with Gasteiger partial charge in [-0.1, -0.05) is 19.1 Å². The predicted octanol–water partition coefficient (Wildman–Crippen LogP) is 3.53. The number of ether oxygens (including phenoxy) is 1. The summed E-state index contributed by atoms with van der Waals surface area (Å²) in [7, 11) is 1.69. The Morgan fingerprint density at radius 1 is 1.17 bits per heavy atom. The van der Waals surface area contributed by atoms with Crippen molar-refractivity contribution in [3.05, 3.63) is 29.8 Å². The molecule has 1 atom stereocenters. The lowest BCUT2D eigenvalue weighted by Gasteiger charge is -2.29. The average molecular weight is 330 g/mol. The summed E-state index contributed by atoms with van der Waals surface area (Å²) in [5, 5.41) is 3.26. The highest BCUT2D eigenvalue weighted by Gasteiger charge is 2.28. The summed E-state index contributed by atoms with van der Waals surface area (Å²) in [5.74, 6) is 1.89. The molecule has 1 saturated carbocycles. The average Bonchev–Trinajstić information content (AvgIpc) is 3.05. The minimum absolute atomic E-state index is 0.190. The van der Waals surface area contributed by atoms with E-state index in [1.165, 1.54) is 18.4 Å². The molecule has 4 heteroatoms. The quantitative estimate of drug-likeness (QED) is 0.898. The second-order valence-corrected chi connectivity index (χ2v) is 7.43. The molecule has 1 N–H and O–H groups in total. The van der Waals surface area contributed by atoms with Crippen LogP contribution in [0.4, 0.5) is 0 Å². The first kappa shape index (κ1) is 17.3. The number of hydrogen-bond donors (Lipinski definition) is 1. The van der Waals surface area contributed by atoms with Gasteiger partial charge in [0.15, 0.2) is 0 Å². The van der Waals surface area contributed by atoms with Crippen LogP contribution in [0.2, 0.25) is 0 Å². The first-order chi connectivity index (χ1) is 11.7. The number of carbonyl (C=O) groups is 1. The number of methoxy groups -OCH3 is 1. The third-order valence-electron chi connectivity index (χ3n) is 5.59. The molecular formula is C20H30N2O2. The summed E-state index contributed by atoms with van der Waals surface area (Å²) >= 11 is 0. The van der Waals surface area contributed by atoms with Gasteiger partial charge in [-0.25, -0.2) is 0 Å². The van der Waals surface area contributed by atoms with Crippen molar-refractivity contribution in [2.24, 2.45) is 5.92 Å². The van der Waals surface area contributed by atoms with E-state index in [1.54, 1.807) is 7.11 Å². The Balaban J connectivity index is 1.54. The van der Waals surface area contributed by atoms with E-state index in [9.17, 15) is 4.79 Å². The van der Waals surface area contributed by atoms with Gasteiger partial charge in [-0.3, -0.25) is 9.69 Å². The topological polar surface area (TPSA) is 41.6 Å². The minimum Gasteiger partial charge on any atom is -0.497 e. The number of nitrogens with zero attached hydrogens (tertiary/aromatic N) is 1. The molecule has 0 aromatic heterocycles. The van der Waals surface area contributed by atoms with E-state index in [-0.39, 0.29) is 5.91 Å². The molecule has 4 nitrogen and oxygen atoms in total. The van der Waals surface area contributed by atoms with Crippen LogP contribution in [0.1, 0.15) is 57.1 Å². The molecule has 24 heavy (non-hydrogen) atoms. The Morgan fingerprint density at radius 3 is 2.54 bits per heavy atom. The van der Waals surface area contributed by atoms with Gasteiger partial charge in [0.2, 0.25) is 5.91 Å². The van der Waals surface area contributed by atoms with Gasteiger partial charge < -0.3 is 10.1 Å². The lowest BCUT2D eigenvalue weighted by molar-refractivity contribution is -0.123. The molecule has 1 aromatic rings. The molecular weight excluding hydrogens is 300 g/mol. The normalized spacial score (nSPS) is 27.8. The summed E-state index contributed by atoms with van der Waals surface area (Å²) in [5.41, 5.74) is 1.28. The molecule has 1 unspecified atom stereocenters. The number of rotatable bonds is 5. The van der Waals surface area contributed by atoms with Gasteiger partial charge in [-0.05, 0) is 68.7 Å². The van der Waals surface area contributed by atoms with Crippen molar-refractivity contribution in [3.63, 3.8) is 0 Å². The molecule has 2 fully saturated rings. The summed E-state index contributed by atoms with van der Waals surface area (Å²) in [4.78, 5) is 14.8. The molecule has 1 saturated heterocycles. The van der Waals surface area contributed by atoms with Gasteiger partial charge in [0.05, 0.1) is 13.7 Å². The fourth-order valence-corrected chi connectivity index (χ4v) is 4.08. The van der Waals surface area contributed by atoms with Crippen molar-refractivity contribution in [3.8, 4) is 5.75 Å².